The van der Waals surface area contributed by atoms with Crippen LogP contribution in [0, 0.1) is 0 Å². The van der Waals surface area contributed by atoms with E-state index in [-0.39, 0.29) is 17.9 Å². The van der Waals surface area contributed by atoms with Gasteiger partial charge >= 0.3 is 0 Å². The van der Waals surface area contributed by atoms with Crippen molar-refractivity contribution < 1.29 is 13.5 Å². The maximum absolute atomic E-state index is 11.7. The third-order valence-electron chi connectivity index (χ3n) is 2.02. The lowest BCUT2D eigenvalue weighted by molar-refractivity contribution is 0.129. The number of hydrogen-bond acceptors (Lipinski definition) is 4. The number of halogens is 1. The zero-order chi connectivity index (χ0) is 12.2. The Labute approximate surface area is 99.5 Å². The first-order valence-electron chi connectivity index (χ1n) is 4.68. The lowest BCUT2D eigenvalue weighted by atomic mass is 10.3. The molecule has 0 saturated carbocycles. The zero-order valence-electron chi connectivity index (χ0n) is 8.72. The average Bonchev–Trinajstić information content (AvgIpc) is 2.28. The largest absolute Gasteiger partial charge is 0.374 e. The fourth-order valence-electron chi connectivity index (χ4n) is 0.920. The van der Waals surface area contributed by atoms with E-state index in [1.807, 2.05) is 0 Å². The van der Waals surface area contributed by atoms with Gasteiger partial charge in [-0.2, -0.15) is 0 Å². The number of nitrogens with zero attached hydrogens (tertiary/aromatic N) is 1. The molecule has 0 saturated heterocycles. The predicted molar refractivity (Wildman–Crippen MR) is 60.5 cm³/mol. The highest BCUT2D eigenvalue weighted by molar-refractivity contribution is 7.89. The third-order valence-corrected chi connectivity index (χ3v) is 3.81. The molecular formula is C9H13ClN2O3S. The summed E-state index contributed by atoms with van der Waals surface area (Å²) in [6, 6.07) is 2.93. The number of alkyl halides is 1. The molecule has 90 valence electrons. The number of aliphatic hydroxyl groups is 1. The summed E-state index contributed by atoms with van der Waals surface area (Å²) in [5, 5.41) is 7.90. The normalized spacial score (nSPS) is 15.7. The van der Waals surface area contributed by atoms with Crippen molar-refractivity contribution in [1.82, 2.24) is 9.71 Å². The Hall–Kier alpha value is -0.690. The maximum atomic E-state index is 11.7. The molecule has 0 aliphatic carbocycles. The summed E-state index contributed by atoms with van der Waals surface area (Å²) < 4.78 is 25.6. The number of pyridine rings is 1. The van der Waals surface area contributed by atoms with E-state index in [0.717, 1.165) is 0 Å². The number of rotatable bonds is 5. The summed E-state index contributed by atoms with van der Waals surface area (Å²) in [4.78, 5) is 3.74. The van der Waals surface area contributed by atoms with Crippen LogP contribution >= 0.6 is 11.6 Å². The summed E-state index contributed by atoms with van der Waals surface area (Å²) >= 11 is 5.63. The maximum Gasteiger partial charge on any atom is 0.242 e. The molecule has 0 amide bonds. The van der Waals surface area contributed by atoms with Gasteiger partial charge in [-0.1, -0.05) is 18.5 Å². The second-order valence-electron chi connectivity index (χ2n) is 3.28. The van der Waals surface area contributed by atoms with Crippen molar-refractivity contribution in [3.05, 3.63) is 24.5 Å². The predicted octanol–water partition coefficient (Wildman–Crippen LogP) is 0.697. The van der Waals surface area contributed by atoms with Gasteiger partial charge in [0, 0.05) is 12.4 Å². The molecule has 16 heavy (non-hydrogen) atoms. The van der Waals surface area contributed by atoms with E-state index in [1.54, 1.807) is 6.92 Å². The van der Waals surface area contributed by atoms with Crippen LogP contribution in [0.25, 0.3) is 0 Å². The Morgan fingerprint density at radius 2 is 2.31 bits per heavy atom. The molecule has 0 radical (unpaired) electrons. The van der Waals surface area contributed by atoms with Gasteiger partial charge in [-0.3, -0.25) is 4.98 Å². The van der Waals surface area contributed by atoms with Crippen LogP contribution in [0.4, 0.5) is 0 Å². The van der Waals surface area contributed by atoms with Gasteiger partial charge in [-0.25, -0.2) is 13.1 Å². The Balaban J connectivity index is 2.75. The summed E-state index contributed by atoms with van der Waals surface area (Å²) in [6.45, 7) is 1.41. The number of sulfonamides is 1. The quantitative estimate of drug-likeness (QED) is 0.767. The molecule has 1 heterocycles. The molecule has 0 spiro atoms. The Morgan fingerprint density at radius 1 is 1.62 bits per heavy atom. The van der Waals surface area contributed by atoms with E-state index < -0.39 is 15.1 Å². The van der Waals surface area contributed by atoms with E-state index in [9.17, 15) is 13.5 Å². The van der Waals surface area contributed by atoms with Crippen molar-refractivity contribution in [2.75, 3.05) is 6.54 Å². The molecule has 0 bridgehead atoms. The van der Waals surface area contributed by atoms with Crippen molar-refractivity contribution in [2.45, 2.75) is 23.3 Å². The third kappa shape index (κ3) is 3.71. The van der Waals surface area contributed by atoms with Gasteiger partial charge in [0.05, 0.1) is 6.54 Å². The lowest BCUT2D eigenvalue weighted by Crippen LogP contribution is -2.38. The fraction of sp³-hybridized carbons (Fsp3) is 0.444. The van der Waals surface area contributed by atoms with Crippen LogP contribution in [0.2, 0.25) is 0 Å². The Bertz CT molecular complexity index is 433. The molecule has 7 heteroatoms. The number of aromatic nitrogens is 1. The summed E-state index contributed by atoms with van der Waals surface area (Å²) in [6.07, 6.45) is 2.94. The number of hydrogen-bond donors (Lipinski definition) is 2. The first kappa shape index (κ1) is 13.4. The van der Waals surface area contributed by atoms with Crippen LogP contribution in [0.1, 0.15) is 13.3 Å². The van der Waals surface area contributed by atoms with Crippen LogP contribution in [0.5, 0.6) is 0 Å². The van der Waals surface area contributed by atoms with Gasteiger partial charge in [-0.15, -0.1) is 0 Å². The first-order chi connectivity index (χ1) is 7.37. The molecule has 0 unspecified atom stereocenters. The monoisotopic (exact) mass is 264 g/mol. The van der Waals surface area contributed by atoms with E-state index in [0.29, 0.717) is 0 Å². The van der Waals surface area contributed by atoms with E-state index in [1.165, 1.54) is 24.5 Å². The molecule has 2 N–H and O–H groups in total. The molecule has 0 fully saturated rings. The van der Waals surface area contributed by atoms with Crippen LogP contribution in [-0.2, 0) is 10.0 Å². The minimum Gasteiger partial charge on any atom is -0.374 e. The van der Waals surface area contributed by atoms with Crippen molar-refractivity contribution in [3.8, 4) is 0 Å². The molecular weight excluding hydrogens is 252 g/mol. The fourth-order valence-corrected chi connectivity index (χ4v) is 2.12. The first-order valence-corrected chi connectivity index (χ1v) is 6.54. The minimum atomic E-state index is -3.66. The highest BCUT2D eigenvalue weighted by Gasteiger charge is 2.24. The van der Waals surface area contributed by atoms with E-state index in [2.05, 4.69) is 9.71 Å². The second kappa shape index (κ2) is 5.09. The topological polar surface area (TPSA) is 79.3 Å². The molecule has 1 aromatic heterocycles. The molecule has 0 aliphatic rings. The standard InChI is InChI=1S/C9H13ClN2O3S/c1-2-9(10,13)7-12-16(14,15)8-4-3-5-11-6-8/h3-6,12-13H,2,7H2,1H3/t9-/m0/s1. The molecule has 0 aromatic carbocycles. The summed E-state index contributed by atoms with van der Waals surface area (Å²) in [5.74, 6) is 0. The second-order valence-corrected chi connectivity index (χ2v) is 5.76. The summed E-state index contributed by atoms with van der Waals surface area (Å²) in [5.41, 5.74) is 0. The van der Waals surface area contributed by atoms with Crippen LogP contribution in [0.15, 0.2) is 29.4 Å². The van der Waals surface area contributed by atoms with Gasteiger partial charge in [-0.05, 0) is 18.6 Å². The Morgan fingerprint density at radius 3 is 2.81 bits per heavy atom. The van der Waals surface area contributed by atoms with Gasteiger partial charge < -0.3 is 5.11 Å². The molecule has 1 rings (SSSR count). The molecule has 1 aromatic rings. The highest BCUT2D eigenvalue weighted by atomic mass is 35.5. The van der Waals surface area contributed by atoms with E-state index in [4.69, 9.17) is 11.6 Å². The lowest BCUT2D eigenvalue weighted by Gasteiger charge is -2.18. The van der Waals surface area contributed by atoms with Crippen molar-refractivity contribution >= 4 is 21.6 Å². The Kier molecular flexibility index (Phi) is 4.26. The SMILES string of the molecule is CC[C@@](O)(Cl)CNS(=O)(=O)c1cccnc1. The van der Waals surface area contributed by atoms with E-state index >= 15 is 0 Å². The van der Waals surface area contributed by atoms with Gasteiger partial charge in [0.15, 0.2) is 5.06 Å². The average molecular weight is 265 g/mol. The van der Waals surface area contributed by atoms with Gasteiger partial charge in [0.2, 0.25) is 10.0 Å². The molecule has 1 atom stereocenters. The minimum absolute atomic E-state index is 0.0403. The molecule has 0 aliphatic heterocycles. The van der Waals surface area contributed by atoms with Gasteiger partial charge in [0.1, 0.15) is 4.90 Å². The smallest absolute Gasteiger partial charge is 0.242 e. The van der Waals surface area contributed by atoms with Crippen molar-refractivity contribution in [2.24, 2.45) is 0 Å². The zero-order valence-corrected chi connectivity index (χ0v) is 10.3. The summed E-state index contributed by atoms with van der Waals surface area (Å²) in [7, 11) is -3.66. The van der Waals surface area contributed by atoms with Crippen LogP contribution in [-0.4, -0.2) is 30.1 Å². The number of nitrogens with one attached hydrogen (secondary N) is 1. The molecule has 5 nitrogen and oxygen atoms in total. The van der Waals surface area contributed by atoms with Crippen molar-refractivity contribution in [3.63, 3.8) is 0 Å². The van der Waals surface area contributed by atoms with Gasteiger partial charge in [0.25, 0.3) is 0 Å². The highest BCUT2D eigenvalue weighted by Crippen LogP contribution is 2.15. The van der Waals surface area contributed by atoms with Crippen molar-refractivity contribution in [1.29, 1.82) is 0 Å². The van der Waals surface area contributed by atoms with Crippen LogP contribution in [0.3, 0.4) is 0 Å². The van der Waals surface area contributed by atoms with Crippen LogP contribution < -0.4 is 4.72 Å².